The first-order chi connectivity index (χ1) is 36.7. The molecule has 1 aliphatic heterocycles. The zero-order chi connectivity index (χ0) is 52.7. The highest BCUT2D eigenvalue weighted by Gasteiger charge is 2.36. The van der Waals surface area contributed by atoms with Crippen molar-refractivity contribution in [2.45, 2.75) is 90.9 Å². The zero-order valence-electron chi connectivity index (χ0n) is 43.4. The van der Waals surface area contributed by atoms with Crippen LogP contribution in [0.2, 0.25) is 0 Å². The van der Waals surface area contributed by atoms with E-state index in [4.69, 9.17) is 43.2 Å². The van der Waals surface area contributed by atoms with Crippen LogP contribution in [-0.4, -0.2) is 89.0 Å². The normalized spacial score (nSPS) is 12.7. The Morgan fingerprint density at radius 2 is 1.44 bits per heavy atom. The molecule has 15 heteroatoms. The Bertz CT molecular complexity index is 2820. The van der Waals surface area contributed by atoms with Crippen molar-refractivity contribution in [3.05, 3.63) is 148 Å². The highest BCUT2D eigenvalue weighted by molar-refractivity contribution is 7.22. The van der Waals surface area contributed by atoms with Gasteiger partial charge in [0.25, 0.3) is 0 Å². The van der Waals surface area contributed by atoms with Gasteiger partial charge in [-0.3, -0.25) is 0 Å². The lowest BCUT2D eigenvalue weighted by Gasteiger charge is -2.40. The van der Waals surface area contributed by atoms with Crippen LogP contribution < -0.4 is 19.2 Å². The lowest BCUT2D eigenvalue weighted by molar-refractivity contribution is -0.150. The van der Waals surface area contributed by atoms with Crippen molar-refractivity contribution in [3.63, 3.8) is 0 Å². The van der Waals surface area contributed by atoms with Crippen LogP contribution in [0.4, 0.5) is 5.13 Å². The average Bonchev–Trinajstić information content (AvgIpc) is 3.87. The molecule has 1 aliphatic rings. The zero-order valence-corrected chi connectivity index (χ0v) is 44.2. The molecule has 75 heavy (non-hydrogen) atoms. The topological polar surface area (TPSA) is 168 Å². The quantitative estimate of drug-likeness (QED) is 0.0133. The van der Waals surface area contributed by atoms with Crippen molar-refractivity contribution in [1.29, 1.82) is 5.26 Å². The van der Waals surface area contributed by atoms with Gasteiger partial charge in [0.15, 0.2) is 11.5 Å². The van der Waals surface area contributed by atoms with Crippen LogP contribution in [-0.2, 0) is 38.2 Å². The Hall–Kier alpha value is -7.12. The Balaban J connectivity index is 0.973. The second-order valence-corrected chi connectivity index (χ2v) is 19.6. The Morgan fingerprint density at radius 3 is 2.09 bits per heavy atom. The third kappa shape index (κ3) is 16.7. The highest BCUT2D eigenvalue weighted by atomic mass is 32.1. The maximum Gasteiger partial charge on any atom is 0.343 e. The first kappa shape index (κ1) is 55.6. The fourth-order valence-corrected chi connectivity index (χ4v) is 9.21. The number of methoxy groups -OCH3 is 1. The van der Waals surface area contributed by atoms with Crippen LogP contribution in [0.3, 0.4) is 0 Å². The van der Waals surface area contributed by atoms with Crippen molar-refractivity contribution in [2.75, 3.05) is 64.9 Å². The summed E-state index contributed by atoms with van der Waals surface area (Å²) in [5.74, 6) is -0.0939. The lowest BCUT2D eigenvalue weighted by atomic mass is 9.84. The van der Waals surface area contributed by atoms with Gasteiger partial charge in [0.2, 0.25) is 5.13 Å². The minimum absolute atomic E-state index is 0.0810. The Kier molecular flexibility index (Phi) is 21.6. The number of carbonyl (C=O) groups is 3. The summed E-state index contributed by atoms with van der Waals surface area (Å²) < 4.78 is 41.0. The number of para-hydroxylation sites is 1. The molecule has 0 N–H and O–H groups in total. The molecule has 1 saturated heterocycles. The van der Waals surface area contributed by atoms with Gasteiger partial charge in [0, 0.05) is 37.0 Å². The number of ether oxygens (including phenoxy) is 7. The second-order valence-electron chi connectivity index (χ2n) is 18.6. The number of hydrazone groups is 1. The Morgan fingerprint density at radius 1 is 0.747 bits per heavy atom. The van der Waals surface area contributed by atoms with Gasteiger partial charge in [-0.05, 0) is 141 Å². The van der Waals surface area contributed by atoms with E-state index < -0.39 is 11.9 Å². The van der Waals surface area contributed by atoms with E-state index in [1.165, 1.54) is 18.4 Å². The summed E-state index contributed by atoms with van der Waals surface area (Å²) in [4.78, 5) is 44.0. The van der Waals surface area contributed by atoms with Crippen LogP contribution >= 0.6 is 11.3 Å². The predicted molar refractivity (Wildman–Crippen MR) is 292 cm³/mol. The number of aryl methyl sites for hydroxylation is 2. The van der Waals surface area contributed by atoms with E-state index in [0.717, 1.165) is 105 Å². The van der Waals surface area contributed by atoms with Crippen LogP contribution in [0, 0.1) is 16.7 Å². The minimum atomic E-state index is -0.582. The number of thiazole rings is 1. The number of rotatable bonds is 31. The van der Waals surface area contributed by atoms with E-state index in [1.54, 1.807) is 60.8 Å². The van der Waals surface area contributed by atoms with Gasteiger partial charge in [-0.1, -0.05) is 74.1 Å². The second kappa shape index (κ2) is 29.1. The molecule has 0 atom stereocenters. The van der Waals surface area contributed by atoms with Gasteiger partial charge >= 0.3 is 17.9 Å². The Labute approximate surface area is 444 Å². The number of nitrogens with zero attached hydrogens (tertiary/aromatic N) is 4. The largest absolute Gasteiger partial charge is 0.493 e. The first-order valence-corrected chi connectivity index (χ1v) is 26.9. The van der Waals surface area contributed by atoms with E-state index in [0.29, 0.717) is 84.5 Å². The van der Waals surface area contributed by atoms with Crippen molar-refractivity contribution < 1.29 is 47.5 Å². The molecule has 2 heterocycles. The van der Waals surface area contributed by atoms with E-state index in [2.05, 4.69) is 13.0 Å². The first-order valence-electron chi connectivity index (χ1n) is 26.1. The summed E-state index contributed by atoms with van der Waals surface area (Å²) in [6.45, 7) is 8.76. The molecular formula is C60H68N4O10S. The minimum Gasteiger partial charge on any atom is -0.493 e. The van der Waals surface area contributed by atoms with Crippen molar-refractivity contribution in [3.8, 4) is 23.3 Å². The standard InChI is InChI=1S/C60H68N4O10S/c1-4-34-72-56(65)47-23-19-44(20-24-47)17-18-45-21-25-48(26-22-45)57(66)73-37-31-46-27-29-51(38-50(46)40-62-64(33-12-8-11-32-61)59-63-52-15-9-10-16-55(52)75-59)74-58(67)49-28-30-53(54(39-49)68-3)71-36-14-7-6-13-35-69-41-60(5-2)42-70-43-60/h9-10,15-16,19-30,38-40H,4-8,11-14,17-18,31,33-37,41-43H2,1-3H3/b62-40+. The monoisotopic (exact) mass is 1040 g/mol. The third-order valence-electron chi connectivity index (χ3n) is 13.0. The van der Waals surface area contributed by atoms with Crippen molar-refractivity contribution >= 4 is 50.8 Å². The SMILES string of the molecule is CCCOC(=O)c1ccc(CCc2ccc(C(=O)OCCc3ccc(OC(=O)c4ccc(OCCCCCCOCC5(CC)COC5)c(OC)c4)cc3/C=N/N(CCCCC#N)c3nc4ccccc4s3)cc2)cc1. The number of benzene rings is 5. The van der Waals surface area contributed by atoms with Crippen LogP contribution in [0.1, 0.15) is 125 Å². The van der Waals surface area contributed by atoms with Gasteiger partial charge in [-0.15, -0.1) is 0 Å². The van der Waals surface area contributed by atoms with Gasteiger partial charge < -0.3 is 33.2 Å². The van der Waals surface area contributed by atoms with Gasteiger partial charge in [-0.25, -0.2) is 24.4 Å². The van der Waals surface area contributed by atoms with E-state index >= 15 is 0 Å². The predicted octanol–water partition coefficient (Wildman–Crippen LogP) is 12.2. The van der Waals surface area contributed by atoms with Crippen molar-refractivity contribution in [1.82, 2.24) is 4.98 Å². The average molecular weight is 1040 g/mol. The number of hydrogen-bond acceptors (Lipinski definition) is 15. The maximum absolute atomic E-state index is 13.7. The molecule has 0 saturated carbocycles. The van der Waals surface area contributed by atoms with Crippen LogP contribution in [0.5, 0.6) is 17.2 Å². The summed E-state index contributed by atoms with van der Waals surface area (Å²) in [6, 6.07) is 35.2. The summed E-state index contributed by atoms with van der Waals surface area (Å²) >= 11 is 1.52. The summed E-state index contributed by atoms with van der Waals surface area (Å²) in [5.41, 5.74) is 5.93. The number of fused-ring (bicyclic) bond motifs is 1. The summed E-state index contributed by atoms with van der Waals surface area (Å²) in [5, 5.41) is 16.7. The number of aromatic nitrogens is 1. The number of carbonyl (C=O) groups excluding carboxylic acids is 3. The lowest BCUT2D eigenvalue weighted by Crippen LogP contribution is -2.45. The molecular weight excluding hydrogens is 969 g/mol. The number of nitriles is 1. The maximum atomic E-state index is 13.7. The van der Waals surface area contributed by atoms with E-state index in [-0.39, 0.29) is 23.6 Å². The fraction of sp³-hybridized carbons (Fsp3) is 0.400. The molecule has 5 aromatic carbocycles. The fourth-order valence-electron chi connectivity index (χ4n) is 8.26. The molecule has 1 fully saturated rings. The summed E-state index contributed by atoms with van der Waals surface area (Å²) in [7, 11) is 1.54. The third-order valence-corrected chi connectivity index (χ3v) is 14.1. The van der Waals surface area contributed by atoms with Gasteiger partial charge in [0.1, 0.15) is 5.75 Å². The smallest absolute Gasteiger partial charge is 0.343 e. The molecule has 0 bridgehead atoms. The highest BCUT2D eigenvalue weighted by Crippen LogP contribution is 2.33. The molecule has 14 nitrogen and oxygen atoms in total. The van der Waals surface area contributed by atoms with Gasteiger partial charge in [0.05, 0.1) is 85.9 Å². The van der Waals surface area contributed by atoms with Gasteiger partial charge in [-0.2, -0.15) is 10.4 Å². The molecule has 0 aliphatic carbocycles. The number of unbranched alkanes of at least 4 members (excludes halogenated alkanes) is 5. The molecule has 0 spiro atoms. The molecule has 7 rings (SSSR count). The van der Waals surface area contributed by atoms with E-state index in [1.807, 2.05) is 66.5 Å². The molecule has 394 valence electrons. The van der Waals surface area contributed by atoms with Crippen LogP contribution in [0.25, 0.3) is 10.2 Å². The molecule has 6 aromatic rings. The van der Waals surface area contributed by atoms with E-state index in [9.17, 15) is 19.6 Å². The molecule has 0 unspecified atom stereocenters. The van der Waals surface area contributed by atoms with Crippen molar-refractivity contribution in [2.24, 2.45) is 10.5 Å². The molecule has 0 radical (unpaired) electrons. The number of esters is 3. The van der Waals surface area contributed by atoms with Crippen LogP contribution in [0.15, 0.2) is 114 Å². The molecule has 0 amide bonds. The number of anilines is 1. The number of hydrogen-bond donors (Lipinski definition) is 0. The summed E-state index contributed by atoms with van der Waals surface area (Å²) in [6.07, 6.45) is 11.2. The molecule has 1 aromatic heterocycles.